The number of furan rings is 2. The molecule has 0 unspecified atom stereocenters. The van der Waals surface area contributed by atoms with Gasteiger partial charge >= 0.3 is 0 Å². The molecule has 0 saturated heterocycles. The molecular weight excluding hydrogens is 291 g/mol. The smallest absolute Gasteiger partial charge is 0.147 e. The third-order valence-corrected chi connectivity index (χ3v) is 4.36. The van der Waals surface area contributed by atoms with Crippen LogP contribution in [-0.2, 0) is 0 Å². The predicted molar refractivity (Wildman–Crippen MR) is 93.6 cm³/mol. The zero-order valence-electron chi connectivity index (χ0n) is 11.5. The van der Waals surface area contributed by atoms with Gasteiger partial charge in [-0.3, -0.25) is 0 Å². The predicted octanol–water partition coefficient (Wildman–Crippen LogP) is 4.57. The van der Waals surface area contributed by atoms with Crippen molar-refractivity contribution >= 4 is 69.8 Å². The maximum Gasteiger partial charge on any atom is 0.147 e. The number of hydrogen-bond donors (Lipinski definition) is 1. The summed E-state index contributed by atoms with van der Waals surface area (Å²) in [6.45, 7) is 0. The number of fused-ring (bicyclic) bond motifs is 7. The van der Waals surface area contributed by atoms with Crippen LogP contribution in [0.2, 0.25) is 0 Å². The molecule has 22 heavy (non-hydrogen) atoms. The Morgan fingerprint density at radius 3 is 2.41 bits per heavy atom. The lowest BCUT2D eigenvalue weighted by Gasteiger charge is -1.93. The average molecular weight is 300 g/mol. The highest BCUT2D eigenvalue weighted by atomic mass is 32.1. The fourth-order valence-electron chi connectivity index (χ4n) is 3.10. The van der Waals surface area contributed by atoms with Crippen molar-refractivity contribution in [2.75, 3.05) is 0 Å². The lowest BCUT2D eigenvalue weighted by atomic mass is 9.94. The highest BCUT2D eigenvalue weighted by Crippen LogP contribution is 2.39. The van der Waals surface area contributed by atoms with Crippen LogP contribution >= 0.6 is 12.6 Å². The Labute approximate surface area is 132 Å². The van der Waals surface area contributed by atoms with E-state index in [9.17, 15) is 0 Å². The molecule has 4 heteroatoms. The third-order valence-electron chi connectivity index (χ3n) is 4.08. The number of hydrogen-bond acceptors (Lipinski definition) is 3. The normalized spacial score (nSPS) is 12.0. The third kappa shape index (κ3) is 1.53. The molecule has 0 atom stereocenters. The zero-order valence-corrected chi connectivity index (χ0v) is 12.4. The van der Waals surface area contributed by atoms with Gasteiger partial charge in [-0.1, -0.05) is 17.6 Å². The van der Waals surface area contributed by atoms with E-state index in [-0.39, 0.29) is 0 Å². The molecule has 2 radical (unpaired) electrons. The summed E-state index contributed by atoms with van der Waals surface area (Å²) < 4.78 is 12.0. The van der Waals surface area contributed by atoms with Crippen LogP contribution < -0.4 is 5.46 Å². The molecule has 0 N–H and O–H groups in total. The van der Waals surface area contributed by atoms with Gasteiger partial charge in [0.1, 0.15) is 30.2 Å². The molecule has 0 amide bonds. The van der Waals surface area contributed by atoms with E-state index >= 15 is 0 Å². The molecule has 3 aromatic carbocycles. The summed E-state index contributed by atoms with van der Waals surface area (Å²) in [4.78, 5) is 0.914. The lowest BCUT2D eigenvalue weighted by Crippen LogP contribution is -1.98. The molecule has 0 aliphatic heterocycles. The second kappa shape index (κ2) is 4.11. The van der Waals surface area contributed by atoms with Gasteiger partial charge in [0.25, 0.3) is 0 Å². The van der Waals surface area contributed by atoms with Crippen molar-refractivity contribution in [3.63, 3.8) is 0 Å². The van der Waals surface area contributed by atoms with E-state index in [1.54, 1.807) is 0 Å². The largest absolute Gasteiger partial charge is 0.456 e. The Balaban J connectivity index is 2.08. The molecule has 5 aromatic rings. The standard InChI is InChI=1S/C18H9BO2S/c19-9-1-4-15-13(7-9)17-16(20-15)6-3-11-12-8-10(22)2-5-14(12)21-18(11)17/h1-8,22H. The van der Waals surface area contributed by atoms with Crippen LogP contribution in [0.5, 0.6) is 0 Å². The zero-order chi connectivity index (χ0) is 14.8. The van der Waals surface area contributed by atoms with E-state index in [0.29, 0.717) is 5.46 Å². The van der Waals surface area contributed by atoms with Crippen molar-refractivity contribution in [2.45, 2.75) is 4.90 Å². The van der Waals surface area contributed by atoms with Crippen LogP contribution in [0.1, 0.15) is 0 Å². The first kappa shape index (κ1) is 12.2. The minimum Gasteiger partial charge on any atom is -0.456 e. The molecule has 0 aliphatic carbocycles. The number of benzene rings is 3. The summed E-state index contributed by atoms with van der Waals surface area (Å²) in [5.74, 6) is 0. The Hall–Kier alpha value is -2.33. The maximum atomic E-state index is 6.09. The minimum atomic E-state index is 0.709. The molecule has 5 rings (SSSR count). The van der Waals surface area contributed by atoms with E-state index in [1.165, 1.54) is 0 Å². The van der Waals surface area contributed by atoms with Gasteiger partial charge in [0.05, 0.1) is 5.39 Å². The van der Waals surface area contributed by atoms with Crippen LogP contribution in [-0.4, -0.2) is 7.85 Å². The Morgan fingerprint density at radius 2 is 1.50 bits per heavy atom. The Kier molecular flexibility index (Phi) is 2.29. The second-order valence-electron chi connectivity index (χ2n) is 5.46. The monoisotopic (exact) mass is 300 g/mol. The van der Waals surface area contributed by atoms with Gasteiger partial charge in [-0.15, -0.1) is 12.6 Å². The van der Waals surface area contributed by atoms with Gasteiger partial charge in [-0.25, -0.2) is 0 Å². The number of rotatable bonds is 0. The molecule has 102 valence electrons. The Morgan fingerprint density at radius 1 is 0.727 bits per heavy atom. The first-order chi connectivity index (χ1) is 10.7. The quantitative estimate of drug-likeness (QED) is 0.335. The van der Waals surface area contributed by atoms with Crippen LogP contribution in [0.15, 0.2) is 62.3 Å². The average Bonchev–Trinajstić information content (AvgIpc) is 3.04. The van der Waals surface area contributed by atoms with E-state index in [4.69, 9.17) is 16.7 Å². The van der Waals surface area contributed by atoms with Crippen LogP contribution in [0.3, 0.4) is 0 Å². The maximum absolute atomic E-state index is 6.09. The van der Waals surface area contributed by atoms with Crippen LogP contribution in [0, 0.1) is 0 Å². The van der Waals surface area contributed by atoms with Crippen molar-refractivity contribution in [1.29, 1.82) is 0 Å². The molecule has 0 aliphatic rings. The van der Waals surface area contributed by atoms with Gasteiger partial charge in [0.15, 0.2) is 0 Å². The van der Waals surface area contributed by atoms with Gasteiger partial charge < -0.3 is 8.83 Å². The number of thiol groups is 1. The summed E-state index contributed by atoms with van der Waals surface area (Å²) in [5, 5.41) is 4.06. The van der Waals surface area contributed by atoms with Crippen LogP contribution in [0.4, 0.5) is 0 Å². The fraction of sp³-hybridized carbons (Fsp3) is 0. The van der Waals surface area contributed by atoms with Crippen LogP contribution in [0.25, 0.3) is 43.9 Å². The molecule has 0 saturated carbocycles. The van der Waals surface area contributed by atoms with Crippen molar-refractivity contribution in [3.8, 4) is 0 Å². The van der Waals surface area contributed by atoms with Crippen molar-refractivity contribution in [3.05, 3.63) is 48.5 Å². The first-order valence-electron chi connectivity index (χ1n) is 6.97. The highest BCUT2D eigenvalue weighted by molar-refractivity contribution is 7.80. The summed E-state index contributed by atoms with van der Waals surface area (Å²) in [6, 6.07) is 15.6. The Bertz CT molecular complexity index is 1200. The SMILES string of the molecule is [B]c1ccc2oc3ccc4c5cc(S)ccc5oc4c3c2c1. The van der Waals surface area contributed by atoms with E-state index in [1.807, 2.05) is 48.5 Å². The van der Waals surface area contributed by atoms with Gasteiger partial charge in [-0.05, 0) is 36.4 Å². The molecule has 2 aromatic heterocycles. The van der Waals surface area contributed by atoms with Gasteiger partial charge in [0.2, 0.25) is 0 Å². The molecule has 0 bridgehead atoms. The van der Waals surface area contributed by atoms with Gasteiger partial charge in [0, 0.05) is 21.1 Å². The molecular formula is C18H9BO2S. The van der Waals surface area contributed by atoms with E-state index in [2.05, 4.69) is 12.6 Å². The summed E-state index contributed by atoms with van der Waals surface area (Å²) in [5.41, 5.74) is 4.00. The summed E-state index contributed by atoms with van der Waals surface area (Å²) in [7, 11) is 5.93. The second-order valence-corrected chi connectivity index (χ2v) is 5.97. The van der Waals surface area contributed by atoms with E-state index in [0.717, 1.165) is 48.8 Å². The fourth-order valence-corrected chi connectivity index (χ4v) is 3.30. The first-order valence-corrected chi connectivity index (χ1v) is 7.41. The van der Waals surface area contributed by atoms with Gasteiger partial charge in [-0.2, -0.15) is 0 Å². The summed E-state index contributed by atoms with van der Waals surface area (Å²) >= 11 is 4.42. The topological polar surface area (TPSA) is 26.3 Å². The molecule has 0 spiro atoms. The lowest BCUT2D eigenvalue weighted by molar-refractivity contribution is 0.662. The van der Waals surface area contributed by atoms with Crippen molar-refractivity contribution in [1.82, 2.24) is 0 Å². The van der Waals surface area contributed by atoms with Crippen molar-refractivity contribution < 1.29 is 8.83 Å². The molecule has 2 heterocycles. The highest BCUT2D eigenvalue weighted by Gasteiger charge is 2.15. The molecule has 2 nitrogen and oxygen atoms in total. The van der Waals surface area contributed by atoms with Crippen molar-refractivity contribution in [2.24, 2.45) is 0 Å². The minimum absolute atomic E-state index is 0.709. The summed E-state index contributed by atoms with van der Waals surface area (Å²) in [6.07, 6.45) is 0. The molecule has 0 fully saturated rings. The van der Waals surface area contributed by atoms with E-state index < -0.39 is 0 Å².